The van der Waals surface area contributed by atoms with Crippen LogP contribution < -0.4 is 10.2 Å². The fourth-order valence-corrected chi connectivity index (χ4v) is 4.54. The van der Waals surface area contributed by atoms with Gasteiger partial charge in [-0.05, 0) is 48.5 Å². The number of benzene rings is 2. The van der Waals surface area contributed by atoms with E-state index in [9.17, 15) is 9.59 Å². The third kappa shape index (κ3) is 5.35. The number of nitrogens with zero attached hydrogens (tertiary/aromatic N) is 2. The Kier molecular flexibility index (Phi) is 7.41. The van der Waals surface area contributed by atoms with Crippen LogP contribution in [0.5, 0.6) is 0 Å². The minimum Gasteiger partial charge on any atom is -0.451 e. The van der Waals surface area contributed by atoms with Crippen LogP contribution in [0.3, 0.4) is 0 Å². The van der Waals surface area contributed by atoms with Crippen molar-refractivity contribution in [3.05, 3.63) is 69.4 Å². The summed E-state index contributed by atoms with van der Waals surface area (Å²) in [5.41, 5.74) is 2.02. The van der Waals surface area contributed by atoms with Crippen molar-refractivity contribution in [2.24, 2.45) is 5.92 Å². The molecule has 0 unspecified atom stereocenters. The molecule has 0 saturated carbocycles. The molecule has 9 heteroatoms. The van der Waals surface area contributed by atoms with Gasteiger partial charge in [0.2, 0.25) is 5.91 Å². The summed E-state index contributed by atoms with van der Waals surface area (Å²) in [6, 6.07) is 13.7. The maximum Gasteiger partial charge on any atom is 0.291 e. The van der Waals surface area contributed by atoms with E-state index in [1.165, 1.54) is 0 Å². The second kappa shape index (κ2) is 10.3. The highest BCUT2D eigenvalue weighted by Gasteiger charge is 2.24. The molecule has 6 nitrogen and oxygen atoms in total. The highest BCUT2D eigenvalue weighted by atomic mass is 35.5. The number of amides is 2. The number of nitrogens with one attached hydrogen (secondary N) is 1. The predicted octanol–water partition coefficient (Wildman–Crippen LogP) is 6.46. The average molecular weight is 521 g/mol. The van der Waals surface area contributed by atoms with Crippen LogP contribution in [-0.4, -0.2) is 42.9 Å². The summed E-state index contributed by atoms with van der Waals surface area (Å²) in [7, 11) is 0. The van der Waals surface area contributed by atoms with Gasteiger partial charge in [0.25, 0.3) is 5.91 Å². The van der Waals surface area contributed by atoms with E-state index in [0.717, 1.165) is 5.69 Å². The molecular formula is C25H24Cl3N3O3. The molecule has 4 rings (SSSR count). The fraction of sp³-hybridized carbons (Fsp3) is 0.280. The van der Waals surface area contributed by atoms with Gasteiger partial charge in [0.1, 0.15) is 5.76 Å². The topological polar surface area (TPSA) is 65.8 Å². The summed E-state index contributed by atoms with van der Waals surface area (Å²) in [5, 5.41) is 4.32. The first-order chi connectivity index (χ1) is 16.2. The monoisotopic (exact) mass is 519 g/mol. The maximum atomic E-state index is 12.7. The molecule has 178 valence electrons. The van der Waals surface area contributed by atoms with Crippen LogP contribution in [0.1, 0.15) is 24.4 Å². The molecule has 2 heterocycles. The fourth-order valence-electron chi connectivity index (χ4n) is 3.86. The number of hydrogen-bond donors (Lipinski definition) is 1. The number of piperazine rings is 1. The summed E-state index contributed by atoms with van der Waals surface area (Å²) in [4.78, 5) is 28.9. The van der Waals surface area contributed by atoms with Gasteiger partial charge in [-0.1, -0.05) is 48.7 Å². The van der Waals surface area contributed by atoms with Crippen molar-refractivity contribution < 1.29 is 14.0 Å². The molecule has 1 saturated heterocycles. The average Bonchev–Trinajstić information content (AvgIpc) is 3.31. The molecule has 0 aliphatic carbocycles. The van der Waals surface area contributed by atoms with E-state index < -0.39 is 5.91 Å². The number of furan rings is 1. The molecule has 0 atom stereocenters. The number of anilines is 2. The lowest BCUT2D eigenvalue weighted by Crippen LogP contribution is -2.50. The number of hydrogen-bond acceptors (Lipinski definition) is 4. The second-order valence-corrected chi connectivity index (χ2v) is 9.63. The summed E-state index contributed by atoms with van der Waals surface area (Å²) in [6.45, 7) is 6.53. The van der Waals surface area contributed by atoms with Gasteiger partial charge >= 0.3 is 0 Å². The van der Waals surface area contributed by atoms with Crippen LogP contribution in [0, 0.1) is 5.92 Å². The zero-order valence-corrected chi connectivity index (χ0v) is 21.0. The van der Waals surface area contributed by atoms with Crippen molar-refractivity contribution in [2.45, 2.75) is 13.8 Å². The first-order valence-corrected chi connectivity index (χ1v) is 12.1. The lowest BCUT2D eigenvalue weighted by Gasteiger charge is -2.37. The van der Waals surface area contributed by atoms with Gasteiger partial charge in [-0.3, -0.25) is 9.59 Å². The van der Waals surface area contributed by atoms with Gasteiger partial charge < -0.3 is 19.5 Å². The van der Waals surface area contributed by atoms with Crippen molar-refractivity contribution in [1.82, 2.24) is 4.90 Å². The number of carbonyl (C=O) groups excluding carboxylic acids is 2. The SMILES string of the molecule is CC(C)C(=O)N1CCN(c2ccc(NC(=O)c3ccc(-c4cc(Cl)ccc4Cl)o3)cc2Cl)CC1. The molecule has 1 aliphatic rings. The first kappa shape index (κ1) is 24.5. The summed E-state index contributed by atoms with van der Waals surface area (Å²) >= 11 is 18.8. The number of carbonyl (C=O) groups is 2. The molecule has 0 bridgehead atoms. The largest absolute Gasteiger partial charge is 0.451 e. The Morgan fingerprint density at radius 1 is 0.912 bits per heavy atom. The van der Waals surface area contributed by atoms with Crippen LogP contribution in [0.25, 0.3) is 11.3 Å². The highest BCUT2D eigenvalue weighted by molar-refractivity contribution is 6.35. The van der Waals surface area contributed by atoms with E-state index in [1.54, 1.807) is 42.5 Å². The van der Waals surface area contributed by atoms with Gasteiger partial charge in [-0.15, -0.1) is 0 Å². The zero-order valence-electron chi connectivity index (χ0n) is 18.8. The van der Waals surface area contributed by atoms with E-state index in [4.69, 9.17) is 39.2 Å². The Morgan fingerprint density at radius 2 is 1.65 bits per heavy atom. The molecule has 2 aromatic carbocycles. The molecule has 1 fully saturated rings. The third-order valence-electron chi connectivity index (χ3n) is 5.66. The predicted molar refractivity (Wildman–Crippen MR) is 137 cm³/mol. The maximum absolute atomic E-state index is 12.7. The second-order valence-electron chi connectivity index (χ2n) is 8.38. The van der Waals surface area contributed by atoms with Crippen LogP contribution in [-0.2, 0) is 4.79 Å². The van der Waals surface area contributed by atoms with E-state index in [1.807, 2.05) is 24.8 Å². The van der Waals surface area contributed by atoms with Crippen molar-refractivity contribution in [1.29, 1.82) is 0 Å². The van der Waals surface area contributed by atoms with Crippen LogP contribution in [0.15, 0.2) is 52.9 Å². The molecule has 1 N–H and O–H groups in total. The summed E-state index contributed by atoms with van der Waals surface area (Å²) in [6.07, 6.45) is 0. The zero-order chi connectivity index (χ0) is 24.4. The lowest BCUT2D eigenvalue weighted by atomic mass is 10.1. The third-order valence-corrected chi connectivity index (χ3v) is 6.52. The molecule has 1 aromatic heterocycles. The molecule has 2 amide bonds. The molecule has 3 aromatic rings. The number of halogens is 3. The standard InChI is InChI=1S/C25H24Cl3N3O3/c1-15(2)25(33)31-11-9-30(10-12-31)21-6-4-17(14-20(21)28)29-24(32)23-8-7-22(34-23)18-13-16(26)3-5-19(18)27/h3-8,13-15H,9-12H2,1-2H3,(H,29,32). The molecule has 34 heavy (non-hydrogen) atoms. The molecule has 0 spiro atoms. The van der Waals surface area contributed by atoms with Crippen molar-refractivity contribution in [3.8, 4) is 11.3 Å². The van der Waals surface area contributed by atoms with E-state index in [0.29, 0.717) is 58.3 Å². The van der Waals surface area contributed by atoms with Gasteiger partial charge in [0.05, 0.1) is 15.7 Å². The normalized spacial score (nSPS) is 13.9. The lowest BCUT2D eigenvalue weighted by molar-refractivity contribution is -0.134. The first-order valence-electron chi connectivity index (χ1n) is 10.9. The van der Waals surface area contributed by atoms with Gasteiger partial charge in [0, 0.05) is 48.4 Å². The number of rotatable bonds is 5. The van der Waals surface area contributed by atoms with E-state index >= 15 is 0 Å². The van der Waals surface area contributed by atoms with Gasteiger partial charge in [0.15, 0.2) is 5.76 Å². The molecule has 1 aliphatic heterocycles. The Hall–Kier alpha value is -2.67. The van der Waals surface area contributed by atoms with Crippen molar-refractivity contribution in [2.75, 3.05) is 36.4 Å². The van der Waals surface area contributed by atoms with Crippen molar-refractivity contribution in [3.63, 3.8) is 0 Å². The highest BCUT2D eigenvalue weighted by Crippen LogP contribution is 2.33. The minimum absolute atomic E-state index is 0.00856. The Morgan fingerprint density at radius 3 is 2.32 bits per heavy atom. The Bertz CT molecular complexity index is 1220. The molecular weight excluding hydrogens is 497 g/mol. The summed E-state index contributed by atoms with van der Waals surface area (Å²) in [5.74, 6) is 0.334. The van der Waals surface area contributed by atoms with Crippen molar-refractivity contribution >= 4 is 58.0 Å². The summed E-state index contributed by atoms with van der Waals surface area (Å²) < 4.78 is 5.71. The van der Waals surface area contributed by atoms with Gasteiger partial charge in [-0.25, -0.2) is 0 Å². The Balaban J connectivity index is 1.41. The van der Waals surface area contributed by atoms with Crippen LogP contribution >= 0.6 is 34.8 Å². The van der Waals surface area contributed by atoms with Crippen LogP contribution in [0.4, 0.5) is 11.4 Å². The smallest absolute Gasteiger partial charge is 0.291 e. The quantitative estimate of drug-likeness (QED) is 0.419. The Labute approximate surface area is 213 Å². The van der Waals surface area contributed by atoms with Gasteiger partial charge in [-0.2, -0.15) is 0 Å². The van der Waals surface area contributed by atoms with Crippen LogP contribution in [0.2, 0.25) is 15.1 Å². The minimum atomic E-state index is -0.408. The van der Waals surface area contributed by atoms with E-state index in [2.05, 4.69) is 10.2 Å². The molecule has 0 radical (unpaired) electrons. The van der Waals surface area contributed by atoms with E-state index in [-0.39, 0.29) is 17.6 Å².